The fourth-order valence-electron chi connectivity index (χ4n) is 2.21. The number of phenolic OH excluding ortho intramolecular Hbond substituents is 1. The number of phenols is 1. The average molecular weight is 292 g/mol. The van der Waals surface area contributed by atoms with Gasteiger partial charge in [-0.05, 0) is 42.8 Å². The smallest absolute Gasteiger partial charge is 0.220 e. The molecule has 4 N–H and O–H groups in total. The van der Waals surface area contributed by atoms with Crippen molar-refractivity contribution in [3.8, 4) is 17.0 Å². The van der Waals surface area contributed by atoms with E-state index in [4.69, 9.17) is 5.73 Å². The van der Waals surface area contributed by atoms with Crippen LogP contribution in [0.15, 0.2) is 54.7 Å². The van der Waals surface area contributed by atoms with Crippen LogP contribution in [0.3, 0.4) is 0 Å². The van der Waals surface area contributed by atoms with E-state index >= 15 is 0 Å². The van der Waals surface area contributed by atoms with Gasteiger partial charge in [-0.3, -0.25) is 0 Å². The Balaban J connectivity index is 1.98. The van der Waals surface area contributed by atoms with Crippen molar-refractivity contribution in [1.82, 2.24) is 9.97 Å². The zero-order valence-corrected chi connectivity index (χ0v) is 12.1. The van der Waals surface area contributed by atoms with Gasteiger partial charge in [-0.15, -0.1) is 0 Å². The average Bonchev–Trinajstić information content (AvgIpc) is 2.51. The van der Waals surface area contributed by atoms with Gasteiger partial charge in [0, 0.05) is 23.1 Å². The molecule has 0 fully saturated rings. The van der Waals surface area contributed by atoms with Gasteiger partial charge in [-0.2, -0.15) is 0 Å². The first-order valence-electron chi connectivity index (χ1n) is 6.88. The Labute approximate surface area is 128 Å². The lowest BCUT2D eigenvalue weighted by Crippen LogP contribution is -1.96. The predicted molar refractivity (Wildman–Crippen MR) is 88.0 cm³/mol. The first-order valence-corrected chi connectivity index (χ1v) is 6.88. The van der Waals surface area contributed by atoms with Crippen molar-refractivity contribution < 1.29 is 5.11 Å². The molecule has 1 aromatic heterocycles. The summed E-state index contributed by atoms with van der Waals surface area (Å²) in [5.41, 5.74) is 9.81. The molecule has 0 aliphatic rings. The number of hydrogen-bond acceptors (Lipinski definition) is 5. The third-order valence-electron chi connectivity index (χ3n) is 3.37. The molecule has 0 amide bonds. The molecule has 5 heteroatoms. The summed E-state index contributed by atoms with van der Waals surface area (Å²) in [4.78, 5) is 8.02. The second-order valence-corrected chi connectivity index (χ2v) is 4.97. The Hall–Kier alpha value is -3.08. The maximum absolute atomic E-state index is 10.1. The summed E-state index contributed by atoms with van der Waals surface area (Å²) in [6.45, 7) is 2.04. The number of hydrogen-bond donors (Lipinski definition) is 3. The number of benzene rings is 2. The molecule has 0 spiro atoms. The Bertz CT molecular complexity index is 817. The summed E-state index contributed by atoms with van der Waals surface area (Å²) in [5.74, 6) is 0.322. The van der Waals surface area contributed by atoms with E-state index in [0.29, 0.717) is 11.3 Å². The highest BCUT2D eigenvalue weighted by atomic mass is 16.3. The summed E-state index contributed by atoms with van der Waals surface area (Å²) in [7, 11) is 0. The molecule has 0 bridgehead atoms. The van der Waals surface area contributed by atoms with Crippen LogP contribution in [0.5, 0.6) is 5.75 Å². The second-order valence-electron chi connectivity index (χ2n) is 4.97. The number of anilines is 3. The Kier molecular flexibility index (Phi) is 3.62. The zero-order valence-electron chi connectivity index (χ0n) is 12.1. The topological polar surface area (TPSA) is 84.1 Å². The molecule has 110 valence electrons. The molecule has 0 unspecified atom stereocenters. The largest absolute Gasteiger partial charge is 0.507 e. The third kappa shape index (κ3) is 2.83. The molecule has 3 aromatic rings. The molecule has 3 rings (SSSR count). The van der Waals surface area contributed by atoms with Crippen LogP contribution in [-0.4, -0.2) is 15.1 Å². The van der Waals surface area contributed by atoms with Gasteiger partial charge >= 0.3 is 0 Å². The van der Waals surface area contributed by atoms with E-state index in [-0.39, 0.29) is 11.7 Å². The van der Waals surface area contributed by atoms with Gasteiger partial charge in [-0.25, -0.2) is 9.97 Å². The van der Waals surface area contributed by atoms with Crippen molar-refractivity contribution in [3.63, 3.8) is 0 Å². The van der Waals surface area contributed by atoms with E-state index in [1.165, 1.54) is 0 Å². The van der Waals surface area contributed by atoms with Crippen molar-refractivity contribution in [2.24, 2.45) is 0 Å². The number of aromatic hydroxyl groups is 1. The molecular formula is C17H16N4O. The van der Waals surface area contributed by atoms with Crippen LogP contribution in [0.1, 0.15) is 5.56 Å². The van der Waals surface area contributed by atoms with Crippen LogP contribution in [0.25, 0.3) is 11.3 Å². The lowest BCUT2D eigenvalue weighted by molar-refractivity contribution is 0.477. The van der Waals surface area contributed by atoms with Crippen molar-refractivity contribution >= 4 is 17.3 Å². The molecule has 0 radical (unpaired) electrons. The maximum Gasteiger partial charge on any atom is 0.220 e. The summed E-state index contributed by atoms with van der Waals surface area (Å²) in [6, 6.07) is 15.0. The Morgan fingerprint density at radius 3 is 2.68 bits per heavy atom. The minimum atomic E-state index is 0.147. The minimum Gasteiger partial charge on any atom is -0.507 e. The van der Waals surface area contributed by atoms with Crippen molar-refractivity contribution in [2.75, 3.05) is 11.1 Å². The van der Waals surface area contributed by atoms with Gasteiger partial charge in [0.15, 0.2) is 0 Å². The van der Waals surface area contributed by atoms with Crippen LogP contribution < -0.4 is 11.1 Å². The van der Waals surface area contributed by atoms with Crippen LogP contribution in [0.2, 0.25) is 0 Å². The molecule has 0 aliphatic carbocycles. The number of rotatable bonds is 3. The van der Waals surface area contributed by atoms with E-state index in [0.717, 1.165) is 16.9 Å². The Morgan fingerprint density at radius 1 is 1.09 bits per heavy atom. The van der Waals surface area contributed by atoms with Gasteiger partial charge in [0.1, 0.15) is 5.75 Å². The molecule has 5 nitrogen and oxygen atoms in total. The third-order valence-corrected chi connectivity index (χ3v) is 3.37. The predicted octanol–water partition coefficient (Wildman–Crippen LogP) is 3.48. The number of aromatic nitrogens is 2. The fraction of sp³-hybridized carbons (Fsp3) is 0.0588. The lowest BCUT2D eigenvalue weighted by atomic mass is 10.1. The van der Waals surface area contributed by atoms with E-state index in [9.17, 15) is 5.11 Å². The molecule has 0 atom stereocenters. The second kappa shape index (κ2) is 5.73. The van der Waals surface area contributed by atoms with E-state index in [2.05, 4.69) is 15.3 Å². The van der Waals surface area contributed by atoms with E-state index in [1.54, 1.807) is 18.3 Å². The monoisotopic (exact) mass is 292 g/mol. The van der Waals surface area contributed by atoms with Gasteiger partial charge in [0.25, 0.3) is 0 Å². The summed E-state index contributed by atoms with van der Waals surface area (Å²) >= 11 is 0. The van der Waals surface area contributed by atoms with Gasteiger partial charge in [0.05, 0.1) is 5.69 Å². The van der Waals surface area contributed by atoms with E-state index in [1.807, 2.05) is 43.3 Å². The van der Waals surface area contributed by atoms with Gasteiger partial charge < -0.3 is 16.2 Å². The number of nitrogens with two attached hydrogens (primary N) is 1. The number of nitrogens with one attached hydrogen (secondary N) is 1. The Morgan fingerprint density at radius 2 is 1.91 bits per heavy atom. The summed E-state index contributed by atoms with van der Waals surface area (Å²) < 4.78 is 0. The SMILES string of the molecule is Cc1ccccc1Nc1ccc(O)c(-c2ccnc(N)n2)c1. The zero-order chi connectivity index (χ0) is 15.5. The maximum atomic E-state index is 10.1. The fourth-order valence-corrected chi connectivity index (χ4v) is 2.21. The molecular weight excluding hydrogens is 276 g/mol. The number of aryl methyl sites for hydroxylation is 1. The molecule has 0 aliphatic heterocycles. The number of nitrogens with zero attached hydrogens (tertiary/aromatic N) is 2. The number of para-hydroxylation sites is 1. The molecule has 0 saturated heterocycles. The normalized spacial score (nSPS) is 10.4. The first kappa shape index (κ1) is 13.9. The van der Waals surface area contributed by atoms with Crippen molar-refractivity contribution in [3.05, 3.63) is 60.3 Å². The van der Waals surface area contributed by atoms with E-state index < -0.39 is 0 Å². The minimum absolute atomic E-state index is 0.147. The highest BCUT2D eigenvalue weighted by Crippen LogP contribution is 2.32. The van der Waals surface area contributed by atoms with Gasteiger partial charge in [0.2, 0.25) is 5.95 Å². The molecule has 0 saturated carbocycles. The lowest BCUT2D eigenvalue weighted by Gasteiger charge is -2.12. The molecule has 2 aromatic carbocycles. The van der Waals surface area contributed by atoms with Crippen LogP contribution in [-0.2, 0) is 0 Å². The highest BCUT2D eigenvalue weighted by Gasteiger charge is 2.08. The molecule has 22 heavy (non-hydrogen) atoms. The number of nitrogen functional groups attached to an aromatic ring is 1. The van der Waals surface area contributed by atoms with Crippen LogP contribution in [0, 0.1) is 6.92 Å². The standard InChI is InChI=1S/C17H16N4O/c1-11-4-2-3-5-14(11)20-12-6-7-16(22)13(10-12)15-8-9-19-17(18)21-15/h2-10,20,22H,1H3,(H2,18,19,21). The molecule has 1 heterocycles. The van der Waals surface area contributed by atoms with Crippen LogP contribution >= 0.6 is 0 Å². The van der Waals surface area contributed by atoms with Crippen molar-refractivity contribution in [2.45, 2.75) is 6.92 Å². The van der Waals surface area contributed by atoms with Crippen LogP contribution in [0.4, 0.5) is 17.3 Å². The highest BCUT2D eigenvalue weighted by molar-refractivity contribution is 5.74. The first-order chi connectivity index (χ1) is 10.6. The summed E-state index contributed by atoms with van der Waals surface area (Å²) in [5, 5.41) is 13.4. The van der Waals surface area contributed by atoms with Gasteiger partial charge in [-0.1, -0.05) is 18.2 Å². The van der Waals surface area contributed by atoms with Crippen molar-refractivity contribution in [1.29, 1.82) is 0 Å². The quantitative estimate of drug-likeness (QED) is 0.644. The summed E-state index contributed by atoms with van der Waals surface area (Å²) in [6.07, 6.45) is 1.57.